The highest BCUT2D eigenvalue weighted by molar-refractivity contribution is 7.80. The first-order valence-electron chi connectivity index (χ1n) is 3.30. The molecule has 0 amide bonds. The molecule has 1 heterocycles. The fraction of sp³-hybridized carbons (Fsp3) is 0.429. The van der Waals surface area contributed by atoms with Crippen LogP contribution in [0.15, 0.2) is 18.3 Å². The molecule has 62 valence electrons. The van der Waals surface area contributed by atoms with Crippen molar-refractivity contribution in [2.45, 2.75) is 18.6 Å². The average molecular weight is 173 g/mol. The van der Waals surface area contributed by atoms with Gasteiger partial charge in [0, 0.05) is 11.9 Å². The predicted molar refractivity (Wildman–Crippen MR) is 44.6 cm³/mol. The minimum absolute atomic E-state index is 0.705. The van der Waals surface area contributed by atoms with Crippen molar-refractivity contribution in [3.8, 4) is 0 Å². The molecule has 2 N–H and O–H groups in total. The zero-order valence-corrected chi connectivity index (χ0v) is 7.31. The lowest BCUT2D eigenvalue weighted by molar-refractivity contribution is 0.520. The maximum Gasteiger partial charge on any atom is 0.164 e. The maximum absolute atomic E-state index is 10.8. The molecule has 0 fully saturated rings. The summed E-state index contributed by atoms with van der Waals surface area (Å²) in [5.41, 5.74) is 0.776. The molecule has 0 aromatic carbocycles. The monoisotopic (exact) mass is 173 g/mol. The number of aromatic nitrogens is 1. The van der Waals surface area contributed by atoms with E-state index >= 15 is 0 Å². The van der Waals surface area contributed by atoms with Crippen LogP contribution in [-0.2, 0) is 15.8 Å². The van der Waals surface area contributed by atoms with Crippen LogP contribution < -0.4 is 0 Å². The summed E-state index contributed by atoms with van der Waals surface area (Å²) in [4.78, 5) is 2.91. The van der Waals surface area contributed by atoms with Gasteiger partial charge in [-0.3, -0.25) is 0 Å². The van der Waals surface area contributed by atoms with Crippen molar-refractivity contribution in [1.82, 2.24) is 4.98 Å². The van der Waals surface area contributed by atoms with Gasteiger partial charge in [-0.1, -0.05) is 0 Å². The van der Waals surface area contributed by atoms with Gasteiger partial charge >= 0.3 is 0 Å². The fourth-order valence-electron chi connectivity index (χ4n) is 0.799. The number of hydrogen-bond acceptors (Lipinski definition) is 1. The van der Waals surface area contributed by atoms with Crippen molar-refractivity contribution in [2.75, 3.05) is 0 Å². The van der Waals surface area contributed by atoms with Crippen LogP contribution in [0.25, 0.3) is 0 Å². The molecular formula is C7H11NO2S. The minimum Gasteiger partial charge on any atom is -0.364 e. The standard InChI is InChI=1S/C7H11NO2S/c1-7(2,11(9)10)6-4-3-5-8-6/h3-5,8H,1-2H3,(H,9,10). The van der Waals surface area contributed by atoms with Gasteiger partial charge in [0.05, 0.1) is 0 Å². The van der Waals surface area contributed by atoms with Crippen LogP contribution in [0, 0.1) is 0 Å². The Morgan fingerprint density at radius 1 is 1.64 bits per heavy atom. The molecule has 0 bridgehead atoms. The van der Waals surface area contributed by atoms with Crippen molar-refractivity contribution in [3.05, 3.63) is 24.0 Å². The molecule has 4 heteroatoms. The zero-order valence-electron chi connectivity index (χ0n) is 6.50. The van der Waals surface area contributed by atoms with E-state index in [1.165, 1.54) is 0 Å². The number of rotatable bonds is 2. The zero-order chi connectivity index (χ0) is 8.48. The first kappa shape index (κ1) is 8.49. The van der Waals surface area contributed by atoms with Gasteiger partial charge in [0.2, 0.25) is 0 Å². The Morgan fingerprint density at radius 2 is 2.27 bits per heavy atom. The Hall–Kier alpha value is -0.610. The molecule has 1 aromatic heterocycles. The lowest BCUT2D eigenvalue weighted by Gasteiger charge is -2.17. The Balaban J connectivity index is 3.00. The normalized spacial score (nSPS) is 14.8. The van der Waals surface area contributed by atoms with Gasteiger partial charge in [-0.15, -0.1) is 0 Å². The average Bonchev–Trinajstić information content (AvgIpc) is 2.37. The van der Waals surface area contributed by atoms with E-state index in [4.69, 9.17) is 4.55 Å². The van der Waals surface area contributed by atoms with E-state index < -0.39 is 15.8 Å². The van der Waals surface area contributed by atoms with E-state index in [0.717, 1.165) is 5.69 Å². The van der Waals surface area contributed by atoms with E-state index in [0.29, 0.717) is 0 Å². The molecule has 0 aliphatic rings. The molecule has 3 nitrogen and oxygen atoms in total. The van der Waals surface area contributed by atoms with Crippen LogP contribution in [-0.4, -0.2) is 13.7 Å². The molecule has 0 saturated carbocycles. The summed E-state index contributed by atoms with van der Waals surface area (Å²) < 4.78 is 19.0. The Morgan fingerprint density at radius 3 is 2.64 bits per heavy atom. The molecule has 0 aliphatic carbocycles. The highest BCUT2D eigenvalue weighted by Crippen LogP contribution is 2.23. The van der Waals surface area contributed by atoms with Gasteiger partial charge in [-0.05, 0) is 26.0 Å². The highest BCUT2D eigenvalue weighted by Gasteiger charge is 2.27. The van der Waals surface area contributed by atoms with Gasteiger partial charge in [-0.25, -0.2) is 4.21 Å². The number of aromatic amines is 1. The Labute approximate surface area is 68.1 Å². The van der Waals surface area contributed by atoms with Gasteiger partial charge in [0.25, 0.3) is 0 Å². The predicted octanol–water partition coefficient (Wildman–Crippen LogP) is 1.47. The van der Waals surface area contributed by atoms with Gasteiger partial charge in [0.15, 0.2) is 11.1 Å². The second kappa shape index (κ2) is 2.79. The van der Waals surface area contributed by atoms with Crippen LogP contribution in [0.5, 0.6) is 0 Å². The lowest BCUT2D eigenvalue weighted by Crippen LogP contribution is -2.23. The molecule has 1 aromatic rings. The molecule has 11 heavy (non-hydrogen) atoms. The van der Waals surface area contributed by atoms with Crippen molar-refractivity contribution in [3.63, 3.8) is 0 Å². The Bertz CT molecular complexity index is 253. The fourth-order valence-corrected chi connectivity index (χ4v) is 1.11. The maximum atomic E-state index is 10.8. The first-order chi connectivity index (χ1) is 5.05. The summed E-state index contributed by atoms with van der Waals surface area (Å²) >= 11 is -1.84. The summed E-state index contributed by atoms with van der Waals surface area (Å²) in [6.07, 6.45) is 1.74. The van der Waals surface area contributed by atoms with Gasteiger partial charge in [-0.2, -0.15) is 0 Å². The van der Waals surface area contributed by atoms with Crippen LogP contribution in [0.4, 0.5) is 0 Å². The van der Waals surface area contributed by atoms with Crippen molar-refractivity contribution >= 4 is 11.1 Å². The van der Waals surface area contributed by atoms with E-state index in [-0.39, 0.29) is 0 Å². The third kappa shape index (κ3) is 1.52. The summed E-state index contributed by atoms with van der Waals surface area (Å²) in [6.45, 7) is 3.43. The smallest absolute Gasteiger partial charge is 0.164 e. The van der Waals surface area contributed by atoms with Crippen LogP contribution in [0.1, 0.15) is 19.5 Å². The van der Waals surface area contributed by atoms with Crippen molar-refractivity contribution in [2.24, 2.45) is 0 Å². The molecule has 1 atom stereocenters. The topological polar surface area (TPSA) is 53.1 Å². The second-order valence-corrected chi connectivity index (χ2v) is 4.36. The molecule has 0 spiro atoms. The van der Waals surface area contributed by atoms with Gasteiger partial charge < -0.3 is 9.54 Å². The third-order valence-electron chi connectivity index (χ3n) is 1.68. The molecular weight excluding hydrogens is 162 g/mol. The minimum atomic E-state index is -1.84. The SMILES string of the molecule is CC(C)(c1ccc[nH]1)S(=O)O. The van der Waals surface area contributed by atoms with Crippen LogP contribution in [0.2, 0.25) is 0 Å². The van der Waals surface area contributed by atoms with E-state index in [1.54, 1.807) is 26.1 Å². The summed E-state index contributed by atoms with van der Waals surface area (Å²) in [5, 5.41) is 0. The summed E-state index contributed by atoms with van der Waals surface area (Å²) in [5.74, 6) is 0. The lowest BCUT2D eigenvalue weighted by atomic mass is 10.1. The van der Waals surface area contributed by atoms with Crippen LogP contribution in [0.3, 0.4) is 0 Å². The van der Waals surface area contributed by atoms with Crippen molar-refractivity contribution in [1.29, 1.82) is 0 Å². The largest absolute Gasteiger partial charge is 0.364 e. The number of H-pyrrole nitrogens is 1. The first-order valence-corrected chi connectivity index (χ1v) is 4.40. The number of hydrogen-bond donors (Lipinski definition) is 2. The molecule has 1 unspecified atom stereocenters. The molecule has 0 saturated heterocycles. The van der Waals surface area contributed by atoms with Gasteiger partial charge in [0.1, 0.15) is 4.75 Å². The Kier molecular flexibility index (Phi) is 2.15. The number of nitrogens with one attached hydrogen (secondary N) is 1. The van der Waals surface area contributed by atoms with E-state index in [9.17, 15) is 4.21 Å². The third-order valence-corrected chi connectivity index (χ3v) is 2.78. The summed E-state index contributed by atoms with van der Waals surface area (Å²) in [6, 6.07) is 3.61. The quantitative estimate of drug-likeness (QED) is 0.665. The second-order valence-electron chi connectivity index (χ2n) is 2.84. The molecule has 1 rings (SSSR count). The van der Waals surface area contributed by atoms with Crippen LogP contribution >= 0.6 is 0 Å². The molecule has 0 radical (unpaired) electrons. The van der Waals surface area contributed by atoms with E-state index in [2.05, 4.69) is 4.98 Å². The summed E-state index contributed by atoms with van der Waals surface area (Å²) in [7, 11) is 0. The highest BCUT2D eigenvalue weighted by atomic mass is 32.2. The van der Waals surface area contributed by atoms with Crippen molar-refractivity contribution < 1.29 is 8.76 Å². The van der Waals surface area contributed by atoms with E-state index in [1.807, 2.05) is 6.07 Å². The molecule has 0 aliphatic heterocycles.